The predicted octanol–water partition coefficient (Wildman–Crippen LogP) is 4.33. The molecule has 0 aliphatic rings. The van der Waals surface area contributed by atoms with E-state index in [1.165, 1.54) is 31.4 Å². The molecule has 1 aromatic heterocycles. The molecule has 0 fully saturated rings. The Labute approximate surface area is 202 Å². The number of likely N-dealkylation sites (N-methyl/N-ethyl adjacent to an activating group) is 1. The van der Waals surface area contributed by atoms with E-state index in [2.05, 4.69) is 27.2 Å². The molecule has 0 saturated carbocycles. The number of carbonyl (C=O) groups is 2. The Morgan fingerprint density at radius 3 is 2.63 bits per heavy atom. The maximum absolute atomic E-state index is 14.6. The van der Waals surface area contributed by atoms with Crippen molar-refractivity contribution in [3.05, 3.63) is 84.3 Å². The minimum absolute atomic E-state index is 0.0350. The number of hydrogen-bond donors (Lipinski definition) is 2. The van der Waals surface area contributed by atoms with Gasteiger partial charge in [-0.3, -0.25) is 9.59 Å². The molecule has 10 heteroatoms. The van der Waals surface area contributed by atoms with Crippen LogP contribution in [0.5, 0.6) is 0 Å². The van der Waals surface area contributed by atoms with E-state index < -0.39 is 11.7 Å². The number of nitrogens with one attached hydrogen (secondary N) is 2. The first kappa shape index (κ1) is 25.3. The number of carbonyl (C=O) groups excluding carboxylic acids is 2. The molecule has 0 aliphatic carbocycles. The summed E-state index contributed by atoms with van der Waals surface area (Å²) in [5, 5.41) is 6.15. The fourth-order valence-electron chi connectivity index (χ4n) is 3.13. The van der Waals surface area contributed by atoms with Crippen molar-refractivity contribution in [2.75, 3.05) is 35.5 Å². The SMILES string of the molecule is C=CC(=O)N(C)c1cc(Nc2nc(N(F)CCCNC(=O)c3ccccc3)ncc2C)ccc1F. The molecule has 182 valence electrons. The van der Waals surface area contributed by atoms with Gasteiger partial charge in [-0.05, 0) is 49.8 Å². The van der Waals surface area contributed by atoms with Crippen LogP contribution in [0.15, 0.2) is 67.4 Å². The first-order valence-electron chi connectivity index (χ1n) is 10.9. The van der Waals surface area contributed by atoms with Crippen LogP contribution in [0.1, 0.15) is 22.3 Å². The third-order valence-electron chi connectivity index (χ3n) is 5.10. The Bertz CT molecular complexity index is 1210. The van der Waals surface area contributed by atoms with Crippen LogP contribution >= 0.6 is 0 Å². The van der Waals surface area contributed by atoms with Crippen molar-refractivity contribution in [2.24, 2.45) is 0 Å². The number of hydrogen-bond acceptors (Lipinski definition) is 6. The second-order valence-corrected chi connectivity index (χ2v) is 7.66. The fraction of sp³-hybridized carbons (Fsp3) is 0.200. The molecule has 3 rings (SSSR count). The third-order valence-corrected chi connectivity index (χ3v) is 5.10. The lowest BCUT2D eigenvalue weighted by Crippen LogP contribution is -2.27. The maximum Gasteiger partial charge on any atom is 0.255 e. The number of aryl methyl sites for hydroxylation is 1. The topological polar surface area (TPSA) is 90.5 Å². The van der Waals surface area contributed by atoms with Gasteiger partial charge in [0.05, 0.1) is 12.2 Å². The molecule has 0 unspecified atom stereocenters. The Morgan fingerprint density at radius 2 is 1.91 bits per heavy atom. The van der Waals surface area contributed by atoms with Gasteiger partial charge in [0.2, 0.25) is 5.91 Å². The highest BCUT2D eigenvalue weighted by Crippen LogP contribution is 2.26. The predicted molar refractivity (Wildman–Crippen MR) is 132 cm³/mol. The number of benzene rings is 2. The van der Waals surface area contributed by atoms with Gasteiger partial charge in [0.15, 0.2) is 0 Å². The van der Waals surface area contributed by atoms with Crippen molar-refractivity contribution in [2.45, 2.75) is 13.3 Å². The average Bonchev–Trinajstić information content (AvgIpc) is 2.88. The number of amides is 2. The van der Waals surface area contributed by atoms with Gasteiger partial charge in [0, 0.05) is 36.6 Å². The molecule has 3 aromatic rings. The number of anilines is 4. The van der Waals surface area contributed by atoms with Crippen LogP contribution in [0.3, 0.4) is 0 Å². The van der Waals surface area contributed by atoms with Crippen LogP contribution in [-0.2, 0) is 4.79 Å². The molecule has 1 heterocycles. The normalized spacial score (nSPS) is 10.4. The highest BCUT2D eigenvalue weighted by atomic mass is 19.2. The molecule has 0 spiro atoms. The van der Waals surface area contributed by atoms with E-state index in [9.17, 15) is 18.5 Å². The van der Waals surface area contributed by atoms with E-state index in [4.69, 9.17) is 0 Å². The Morgan fingerprint density at radius 1 is 1.17 bits per heavy atom. The highest BCUT2D eigenvalue weighted by molar-refractivity contribution is 6.01. The van der Waals surface area contributed by atoms with E-state index in [-0.39, 0.29) is 30.6 Å². The van der Waals surface area contributed by atoms with Crippen LogP contribution in [0.4, 0.5) is 32.0 Å². The van der Waals surface area contributed by atoms with Gasteiger partial charge in [-0.1, -0.05) is 29.3 Å². The van der Waals surface area contributed by atoms with E-state index >= 15 is 0 Å². The van der Waals surface area contributed by atoms with Gasteiger partial charge >= 0.3 is 0 Å². The summed E-state index contributed by atoms with van der Waals surface area (Å²) >= 11 is 0. The number of rotatable bonds is 10. The van der Waals surface area contributed by atoms with Crippen molar-refractivity contribution in [1.82, 2.24) is 15.3 Å². The van der Waals surface area contributed by atoms with E-state index in [0.717, 1.165) is 11.0 Å². The Kier molecular flexibility index (Phi) is 8.44. The molecule has 0 atom stereocenters. The zero-order chi connectivity index (χ0) is 25.4. The largest absolute Gasteiger partial charge is 0.352 e. The van der Waals surface area contributed by atoms with Crippen LogP contribution in [-0.4, -0.2) is 41.9 Å². The van der Waals surface area contributed by atoms with Crippen LogP contribution in [0.2, 0.25) is 0 Å². The average molecular weight is 481 g/mol. The number of nitrogens with zero attached hydrogens (tertiary/aromatic N) is 4. The summed E-state index contributed by atoms with van der Waals surface area (Å²) in [6.45, 7) is 5.39. The van der Waals surface area contributed by atoms with Gasteiger partial charge in [-0.25, -0.2) is 9.37 Å². The minimum Gasteiger partial charge on any atom is -0.352 e. The zero-order valence-corrected chi connectivity index (χ0v) is 19.5. The maximum atomic E-state index is 14.6. The second kappa shape index (κ2) is 11.7. The summed E-state index contributed by atoms with van der Waals surface area (Å²) in [4.78, 5) is 33.3. The third kappa shape index (κ3) is 6.59. The van der Waals surface area contributed by atoms with Gasteiger partial charge in [0.1, 0.15) is 11.6 Å². The first-order valence-corrected chi connectivity index (χ1v) is 10.9. The van der Waals surface area contributed by atoms with E-state index in [1.54, 1.807) is 31.2 Å². The number of aromatic nitrogens is 2. The summed E-state index contributed by atoms with van der Waals surface area (Å²) in [5.41, 5.74) is 1.67. The molecular formula is C25H26F2N6O2. The summed E-state index contributed by atoms with van der Waals surface area (Å²) in [7, 11) is 1.43. The summed E-state index contributed by atoms with van der Waals surface area (Å²) in [5.74, 6) is -1.11. The standard InChI is InChI=1S/C25H26F2N6O2/c1-4-22(34)32(3)21-15-19(11-12-20(21)26)30-23-17(2)16-29-25(31-23)33(27)14-8-13-28-24(35)18-9-6-5-7-10-18/h4-7,9-12,15-16H,1,8,13-14H2,2-3H3,(H,28,35)(H,29,30,31). The van der Waals surface area contributed by atoms with Crippen LogP contribution in [0, 0.1) is 12.7 Å². The molecule has 35 heavy (non-hydrogen) atoms. The van der Waals surface area contributed by atoms with Crippen molar-refractivity contribution >= 4 is 35.0 Å². The van der Waals surface area contributed by atoms with Gasteiger partial charge in [-0.2, -0.15) is 10.1 Å². The summed E-state index contributed by atoms with van der Waals surface area (Å²) < 4.78 is 28.9. The number of halogens is 2. The molecule has 2 amide bonds. The van der Waals surface area contributed by atoms with Crippen molar-refractivity contribution < 1.29 is 18.5 Å². The zero-order valence-electron chi connectivity index (χ0n) is 19.5. The molecule has 0 saturated heterocycles. The second-order valence-electron chi connectivity index (χ2n) is 7.66. The van der Waals surface area contributed by atoms with Crippen LogP contribution in [0.25, 0.3) is 0 Å². The van der Waals surface area contributed by atoms with Crippen molar-refractivity contribution in [3.8, 4) is 0 Å². The molecular weight excluding hydrogens is 454 g/mol. The van der Waals surface area contributed by atoms with Gasteiger partial charge in [-0.15, -0.1) is 0 Å². The summed E-state index contributed by atoms with van der Waals surface area (Å²) in [6, 6.07) is 12.9. The van der Waals surface area contributed by atoms with E-state index in [1.807, 2.05) is 6.07 Å². The van der Waals surface area contributed by atoms with E-state index in [0.29, 0.717) is 34.2 Å². The van der Waals surface area contributed by atoms with Crippen molar-refractivity contribution in [1.29, 1.82) is 0 Å². The lowest BCUT2D eigenvalue weighted by atomic mass is 10.2. The summed E-state index contributed by atoms with van der Waals surface area (Å²) in [6.07, 6.45) is 2.88. The Hall–Kier alpha value is -4.34. The highest BCUT2D eigenvalue weighted by Gasteiger charge is 2.15. The lowest BCUT2D eigenvalue weighted by molar-refractivity contribution is -0.113. The molecule has 0 radical (unpaired) electrons. The minimum atomic E-state index is -0.581. The molecule has 0 aliphatic heterocycles. The first-order chi connectivity index (χ1) is 16.8. The Balaban J connectivity index is 1.63. The monoisotopic (exact) mass is 480 g/mol. The van der Waals surface area contributed by atoms with Gasteiger partial charge in [0.25, 0.3) is 11.9 Å². The smallest absolute Gasteiger partial charge is 0.255 e. The molecule has 2 aromatic carbocycles. The van der Waals surface area contributed by atoms with Crippen LogP contribution < -0.4 is 20.7 Å². The lowest BCUT2D eigenvalue weighted by Gasteiger charge is -2.18. The quantitative estimate of drug-likeness (QED) is 0.255. The van der Waals surface area contributed by atoms with Crippen molar-refractivity contribution in [3.63, 3.8) is 0 Å². The molecule has 2 N–H and O–H groups in total. The molecule has 0 bridgehead atoms. The van der Waals surface area contributed by atoms with Gasteiger partial charge < -0.3 is 15.5 Å². The molecule has 8 nitrogen and oxygen atoms in total. The fourth-order valence-corrected chi connectivity index (χ4v) is 3.13.